The van der Waals surface area contributed by atoms with E-state index in [0.29, 0.717) is 11.3 Å². The Kier molecular flexibility index (Phi) is 4.10. The highest BCUT2D eigenvalue weighted by Crippen LogP contribution is 2.19. The van der Waals surface area contributed by atoms with Crippen molar-refractivity contribution in [3.63, 3.8) is 0 Å². The van der Waals surface area contributed by atoms with E-state index in [1.165, 1.54) is 0 Å². The van der Waals surface area contributed by atoms with Crippen molar-refractivity contribution in [2.45, 2.75) is 13.8 Å². The summed E-state index contributed by atoms with van der Waals surface area (Å²) in [5.74, 6) is -0.279. The fourth-order valence-electron chi connectivity index (χ4n) is 2.35. The highest BCUT2D eigenvalue weighted by atomic mass is 16.2. The smallest absolute Gasteiger partial charge is 0.267 e. The third kappa shape index (κ3) is 3.23. The lowest BCUT2D eigenvalue weighted by Gasteiger charge is -2.07. The monoisotopic (exact) mass is 304 g/mol. The Morgan fingerprint density at radius 3 is 2.87 bits per heavy atom. The van der Waals surface area contributed by atoms with Crippen LogP contribution in [-0.2, 0) is 0 Å². The molecule has 0 atom stereocenters. The van der Waals surface area contributed by atoms with E-state index < -0.39 is 0 Å². The summed E-state index contributed by atoms with van der Waals surface area (Å²) in [5, 5.41) is 4.91. The van der Waals surface area contributed by atoms with Gasteiger partial charge in [0.2, 0.25) is 0 Å². The number of benzene rings is 1. The molecule has 0 spiro atoms. The Morgan fingerprint density at radius 1 is 1.22 bits per heavy atom. The highest BCUT2D eigenvalue weighted by molar-refractivity contribution is 5.99. The second-order valence-corrected chi connectivity index (χ2v) is 5.25. The molecule has 5 nitrogen and oxygen atoms in total. The van der Waals surface area contributed by atoms with Gasteiger partial charge in [-0.05, 0) is 31.5 Å². The average molecular weight is 304 g/mol. The van der Waals surface area contributed by atoms with E-state index in [1.54, 1.807) is 18.6 Å². The van der Waals surface area contributed by atoms with Crippen molar-refractivity contribution in [2.24, 2.45) is 5.10 Å². The zero-order valence-corrected chi connectivity index (χ0v) is 12.9. The second kappa shape index (κ2) is 6.36. The number of hydrazone groups is 1. The maximum atomic E-state index is 12.3. The van der Waals surface area contributed by atoms with Gasteiger partial charge in [-0.1, -0.05) is 24.3 Å². The number of para-hydroxylation sites is 1. The van der Waals surface area contributed by atoms with Crippen LogP contribution in [0.3, 0.4) is 0 Å². The van der Waals surface area contributed by atoms with Crippen LogP contribution in [0.15, 0.2) is 53.9 Å². The SMILES string of the molecule is Cc1nc2c(C)cccc2cc1C(=O)NN=Cc1cccnc1. The molecule has 0 saturated carbocycles. The predicted octanol–water partition coefficient (Wildman–Crippen LogP) is 3.01. The number of rotatable bonds is 3. The van der Waals surface area contributed by atoms with Gasteiger partial charge in [0, 0.05) is 23.3 Å². The number of hydrogen-bond acceptors (Lipinski definition) is 4. The molecule has 114 valence electrons. The zero-order chi connectivity index (χ0) is 16.2. The van der Waals surface area contributed by atoms with Crippen LogP contribution in [0.25, 0.3) is 10.9 Å². The van der Waals surface area contributed by atoms with E-state index in [1.807, 2.05) is 50.2 Å². The number of pyridine rings is 2. The van der Waals surface area contributed by atoms with Gasteiger partial charge in [0.25, 0.3) is 5.91 Å². The van der Waals surface area contributed by atoms with Crippen molar-refractivity contribution >= 4 is 23.0 Å². The van der Waals surface area contributed by atoms with Crippen LogP contribution in [0.2, 0.25) is 0 Å². The number of aryl methyl sites for hydroxylation is 2. The summed E-state index contributed by atoms with van der Waals surface area (Å²) >= 11 is 0. The molecular formula is C18H16N4O. The molecule has 0 aliphatic heterocycles. The first-order chi connectivity index (χ1) is 11.1. The van der Waals surface area contributed by atoms with Gasteiger partial charge in [0.15, 0.2) is 0 Å². The Hall–Kier alpha value is -3.08. The molecule has 1 N–H and O–H groups in total. The number of carbonyl (C=O) groups excluding carboxylic acids is 1. The molecular weight excluding hydrogens is 288 g/mol. The lowest BCUT2D eigenvalue weighted by Crippen LogP contribution is -2.19. The first-order valence-electron chi connectivity index (χ1n) is 7.25. The van der Waals surface area contributed by atoms with Gasteiger partial charge >= 0.3 is 0 Å². The van der Waals surface area contributed by atoms with Crippen LogP contribution in [0, 0.1) is 13.8 Å². The number of nitrogens with one attached hydrogen (secondary N) is 1. The number of nitrogens with zero attached hydrogens (tertiary/aromatic N) is 3. The van der Waals surface area contributed by atoms with Gasteiger partial charge in [0.05, 0.1) is 23.0 Å². The van der Waals surface area contributed by atoms with Crippen molar-refractivity contribution in [3.05, 3.63) is 71.2 Å². The van der Waals surface area contributed by atoms with E-state index >= 15 is 0 Å². The number of carbonyl (C=O) groups is 1. The van der Waals surface area contributed by atoms with Gasteiger partial charge in [-0.15, -0.1) is 0 Å². The van der Waals surface area contributed by atoms with E-state index in [2.05, 4.69) is 20.5 Å². The molecule has 1 aromatic carbocycles. The summed E-state index contributed by atoms with van der Waals surface area (Å²) < 4.78 is 0. The predicted molar refractivity (Wildman–Crippen MR) is 90.5 cm³/mol. The van der Waals surface area contributed by atoms with Crippen molar-refractivity contribution in [1.29, 1.82) is 0 Å². The molecule has 2 aromatic heterocycles. The van der Waals surface area contributed by atoms with Crippen LogP contribution < -0.4 is 5.43 Å². The fraction of sp³-hybridized carbons (Fsp3) is 0.111. The topological polar surface area (TPSA) is 67.2 Å². The first-order valence-corrected chi connectivity index (χ1v) is 7.25. The fourth-order valence-corrected chi connectivity index (χ4v) is 2.35. The summed E-state index contributed by atoms with van der Waals surface area (Å²) in [5.41, 5.74) is 6.55. The summed E-state index contributed by atoms with van der Waals surface area (Å²) in [4.78, 5) is 20.8. The first kappa shape index (κ1) is 14.8. The Bertz CT molecular complexity index is 888. The van der Waals surface area contributed by atoms with Crippen molar-refractivity contribution in [1.82, 2.24) is 15.4 Å². The van der Waals surface area contributed by atoms with Gasteiger partial charge in [-0.25, -0.2) is 5.43 Å². The van der Waals surface area contributed by atoms with Crippen molar-refractivity contribution in [2.75, 3.05) is 0 Å². The Balaban J connectivity index is 1.83. The molecule has 0 unspecified atom stereocenters. The van der Waals surface area contributed by atoms with Crippen molar-refractivity contribution in [3.8, 4) is 0 Å². The maximum Gasteiger partial charge on any atom is 0.273 e. The molecule has 0 aliphatic carbocycles. The highest BCUT2D eigenvalue weighted by Gasteiger charge is 2.11. The maximum absolute atomic E-state index is 12.3. The molecule has 3 aromatic rings. The van der Waals surface area contributed by atoms with Gasteiger partial charge in [-0.2, -0.15) is 5.10 Å². The van der Waals surface area contributed by atoms with Gasteiger partial charge in [-0.3, -0.25) is 14.8 Å². The Morgan fingerprint density at radius 2 is 2.09 bits per heavy atom. The molecule has 0 aliphatic rings. The molecule has 0 fully saturated rings. The van der Waals surface area contributed by atoms with Crippen LogP contribution in [0.1, 0.15) is 27.2 Å². The van der Waals surface area contributed by atoms with Crippen molar-refractivity contribution < 1.29 is 4.79 Å². The molecule has 0 radical (unpaired) electrons. The van der Waals surface area contributed by atoms with Gasteiger partial charge < -0.3 is 0 Å². The van der Waals surface area contributed by atoms with Crippen LogP contribution >= 0.6 is 0 Å². The molecule has 0 saturated heterocycles. The van der Waals surface area contributed by atoms with E-state index in [-0.39, 0.29) is 5.91 Å². The quantitative estimate of drug-likeness (QED) is 0.597. The molecule has 5 heteroatoms. The van der Waals surface area contributed by atoms with E-state index in [9.17, 15) is 4.79 Å². The number of amides is 1. The van der Waals surface area contributed by atoms with Crippen LogP contribution in [0.5, 0.6) is 0 Å². The number of hydrogen-bond donors (Lipinski definition) is 1. The zero-order valence-electron chi connectivity index (χ0n) is 12.9. The molecule has 2 heterocycles. The standard InChI is InChI=1S/C18H16N4O/c1-12-5-3-7-15-9-16(13(2)21-17(12)15)18(23)22-20-11-14-6-4-8-19-10-14/h3-11H,1-2H3,(H,22,23). The summed E-state index contributed by atoms with van der Waals surface area (Å²) in [6, 6.07) is 11.4. The van der Waals surface area contributed by atoms with Crippen LogP contribution in [0.4, 0.5) is 0 Å². The minimum atomic E-state index is -0.279. The van der Waals surface area contributed by atoms with Crippen LogP contribution in [-0.4, -0.2) is 22.1 Å². The molecule has 3 rings (SSSR count). The summed E-state index contributed by atoms with van der Waals surface area (Å²) in [7, 11) is 0. The minimum Gasteiger partial charge on any atom is -0.267 e. The number of aromatic nitrogens is 2. The normalized spacial score (nSPS) is 11.0. The Labute approximate surface area is 134 Å². The summed E-state index contributed by atoms with van der Waals surface area (Å²) in [6.45, 7) is 3.83. The summed E-state index contributed by atoms with van der Waals surface area (Å²) in [6.07, 6.45) is 4.90. The largest absolute Gasteiger partial charge is 0.273 e. The third-order valence-electron chi connectivity index (χ3n) is 3.55. The van der Waals surface area contributed by atoms with E-state index in [4.69, 9.17) is 0 Å². The molecule has 1 amide bonds. The number of fused-ring (bicyclic) bond motifs is 1. The van der Waals surface area contributed by atoms with Gasteiger partial charge in [0.1, 0.15) is 0 Å². The molecule has 0 bridgehead atoms. The lowest BCUT2D eigenvalue weighted by atomic mass is 10.1. The lowest BCUT2D eigenvalue weighted by molar-refractivity contribution is 0.0954. The average Bonchev–Trinajstić information content (AvgIpc) is 2.56. The molecule has 23 heavy (non-hydrogen) atoms. The second-order valence-electron chi connectivity index (χ2n) is 5.25. The third-order valence-corrected chi connectivity index (χ3v) is 3.55. The minimum absolute atomic E-state index is 0.279. The van der Waals surface area contributed by atoms with E-state index in [0.717, 1.165) is 22.0 Å².